The Bertz CT molecular complexity index is 337. The average Bonchev–Trinajstić information content (AvgIpc) is 2.17. The van der Waals surface area contributed by atoms with Gasteiger partial charge in [-0.25, -0.2) is 0 Å². The van der Waals surface area contributed by atoms with Crippen LogP contribution in [0, 0.1) is 0 Å². The zero-order valence-corrected chi connectivity index (χ0v) is 7.88. The van der Waals surface area contributed by atoms with Crippen LogP contribution in [-0.4, -0.2) is 17.1 Å². The van der Waals surface area contributed by atoms with Crippen molar-refractivity contribution in [2.45, 2.75) is 19.1 Å². The standard InChI is InChI=1S/C9H9F3N2O/c1-6(7-3-2-4-13-5-7)14-8(15)9(10,11)12/h2-6H,1H3,(H,14,15)/t6-/m0/s1. The summed E-state index contributed by atoms with van der Waals surface area (Å²) < 4.78 is 35.7. The lowest BCUT2D eigenvalue weighted by Gasteiger charge is -2.14. The first kappa shape index (κ1) is 11.5. The third kappa shape index (κ3) is 3.23. The Morgan fingerprint density at radius 3 is 2.67 bits per heavy atom. The van der Waals surface area contributed by atoms with E-state index in [9.17, 15) is 18.0 Å². The Morgan fingerprint density at radius 2 is 2.20 bits per heavy atom. The molecule has 0 aromatic carbocycles. The van der Waals surface area contributed by atoms with Gasteiger partial charge >= 0.3 is 12.1 Å². The van der Waals surface area contributed by atoms with Crippen molar-refractivity contribution in [3.05, 3.63) is 30.1 Å². The lowest BCUT2D eigenvalue weighted by Crippen LogP contribution is -2.38. The van der Waals surface area contributed by atoms with Crippen LogP contribution in [0.5, 0.6) is 0 Å². The van der Waals surface area contributed by atoms with Gasteiger partial charge in [0.15, 0.2) is 0 Å². The van der Waals surface area contributed by atoms with Crippen LogP contribution >= 0.6 is 0 Å². The van der Waals surface area contributed by atoms with Crippen LogP contribution in [0.2, 0.25) is 0 Å². The molecule has 3 nitrogen and oxygen atoms in total. The number of nitrogens with one attached hydrogen (secondary N) is 1. The van der Waals surface area contributed by atoms with Gasteiger partial charge in [0.1, 0.15) is 0 Å². The van der Waals surface area contributed by atoms with E-state index in [-0.39, 0.29) is 0 Å². The van der Waals surface area contributed by atoms with E-state index in [0.717, 1.165) is 0 Å². The zero-order chi connectivity index (χ0) is 11.5. The molecule has 0 aliphatic carbocycles. The molecule has 15 heavy (non-hydrogen) atoms. The molecule has 1 rings (SSSR count). The van der Waals surface area contributed by atoms with E-state index in [1.54, 1.807) is 12.1 Å². The lowest BCUT2D eigenvalue weighted by molar-refractivity contribution is -0.174. The number of aromatic nitrogens is 1. The molecule has 0 radical (unpaired) electrons. The summed E-state index contributed by atoms with van der Waals surface area (Å²) in [5, 5.41) is 1.83. The fourth-order valence-corrected chi connectivity index (χ4v) is 0.994. The average molecular weight is 218 g/mol. The van der Waals surface area contributed by atoms with E-state index in [1.807, 2.05) is 5.32 Å². The zero-order valence-electron chi connectivity index (χ0n) is 7.88. The Morgan fingerprint density at radius 1 is 1.53 bits per heavy atom. The van der Waals surface area contributed by atoms with Gasteiger partial charge in [-0.1, -0.05) is 6.07 Å². The highest BCUT2D eigenvalue weighted by Gasteiger charge is 2.39. The summed E-state index contributed by atoms with van der Waals surface area (Å²) in [6, 6.07) is 2.47. The molecule has 1 aromatic rings. The summed E-state index contributed by atoms with van der Waals surface area (Å²) in [4.78, 5) is 14.3. The molecule has 0 saturated carbocycles. The molecule has 0 fully saturated rings. The largest absolute Gasteiger partial charge is 0.471 e. The molecule has 0 spiro atoms. The van der Waals surface area contributed by atoms with E-state index in [4.69, 9.17) is 0 Å². The third-order valence-electron chi connectivity index (χ3n) is 1.79. The highest BCUT2D eigenvalue weighted by atomic mass is 19.4. The van der Waals surface area contributed by atoms with Crippen molar-refractivity contribution in [1.82, 2.24) is 10.3 Å². The number of alkyl halides is 3. The first-order valence-electron chi connectivity index (χ1n) is 4.19. The number of halogens is 3. The van der Waals surface area contributed by atoms with E-state index >= 15 is 0 Å². The van der Waals surface area contributed by atoms with Gasteiger partial charge < -0.3 is 5.32 Å². The molecule has 1 atom stereocenters. The molecule has 0 bridgehead atoms. The van der Waals surface area contributed by atoms with Crippen LogP contribution in [0.4, 0.5) is 13.2 Å². The highest BCUT2D eigenvalue weighted by molar-refractivity contribution is 5.82. The van der Waals surface area contributed by atoms with Crippen molar-refractivity contribution in [3.63, 3.8) is 0 Å². The van der Waals surface area contributed by atoms with Crippen molar-refractivity contribution in [2.75, 3.05) is 0 Å². The molecule has 0 unspecified atom stereocenters. The third-order valence-corrected chi connectivity index (χ3v) is 1.79. The smallest absolute Gasteiger partial charge is 0.342 e. The van der Waals surface area contributed by atoms with Crippen LogP contribution < -0.4 is 5.32 Å². The molecule has 0 aliphatic rings. The van der Waals surface area contributed by atoms with E-state index in [1.165, 1.54) is 19.3 Å². The van der Waals surface area contributed by atoms with Crippen LogP contribution in [0.3, 0.4) is 0 Å². The van der Waals surface area contributed by atoms with Gasteiger partial charge in [0.05, 0.1) is 6.04 Å². The summed E-state index contributed by atoms with van der Waals surface area (Å²) in [5.41, 5.74) is 0.523. The van der Waals surface area contributed by atoms with Gasteiger partial charge in [0.25, 0.3) is 0 Å². The number of hydrogen-bond donors (Lipinski definition) is 1. The van der Waals surface area contributed by atoms with Crippen LogP contribution in [0.1, 0.15) is 18.5 Å². The summed E-state index contributed by atoms with van der Waals surface area (Å²) in [7, 11) is 0. The normalized spacial score (nSPS) is 13.3. The van der Waals surface area contributed by atoms with Gasteiger partial charge in [-0.15, -0.1) is 0 Å². The van der Waals surface area contributed by atoms with Crippen molar-refractivity contribution >= 4 is 5.91 Å². The quantitative estimate of drug-likeness (QED) is 0.822. The molecule has 1 amide bonds. The molecule has 1 aromatic heterocycles. The second kappa shape index (κ2) is 4.29. The first-order valence-corrected chi connectivity index (χ1v) is 4.19. The lowest BCUT2D eigenvalue weighted by atomic mass is 10.1. The molecular formula is C9H9F3N2O. The summed E-state index contributed by atoms with van der Waals surface area (Å²) in [5.74, 6) is -1.95. The minimum atomic E-state index is -4.85. The Labute approximate surface area is 84.3 Å². The number of hydrogen-bond acceptors (Lipinski definition) is 2. The minimum absolute atomic E-state index is 0.523. The molecule has 0 aliphatic heterocycles. The van der Waals surface area contributed by atoms with Gasteiger partial charge in [0, 0.05) is 12.4 Å². The SMILES string of the molecule is C[C@H](NC(=O)C(F)(F)F)c1cccnc1. The maximum atomic E-state index is 11.9. The van der Waals surface area contributed by atoms with Gasteiger partial charge in [-0.05, 0) is 18.6 Å². The van der Waals surface area contributed by atoms with E-state index in [0.29, 0.717) is 5.56 Å². The maximum Gasteiger partial charge on any atom is 0.471 e. The van der Waals surface area contributed by atoms with Crippen LogP contribution in [-0.2, 0) is 4.79 Å². The Balaban J connectivity index is 2.65. The maximum absolute atomic E-state index is 11.9. The molecule has 0 saturated heterocycles. The number of rotatable bonds is 2. The molecule has 6 heteroatoms. The fraction of sp³-hybridized carbons (Fsp3) is 0.333. The number of carbonyl (C=O) groups is 1. The van der Waals surface area contributed by atoms with Crippen molar-refractivity contribution in [3.8, 4) is 0 Å². The number of amides is 1. The predicted octanol–water partition coefficient (Wildman–Crippen LogP) is 1.82. The van der Waals surface area contributed by atoms with Gasteiger partial charge in [0.2, 0.25) is 0 Å². The predicted molar refractivity (Wildman–Crippen MR) is 46.8 cm³/mol. The number of pyridine rings is 1. The number of nitrogens with zero attached hydrogens (tertiary/aromatic N) is 1. The summed E-state index contributed by atoms with van der Waals surface area (Å²) >= 11 is 0. The van der Waals surface area contributed by atoms with Gasteiger partial charge in [-0.3, -0.25) is 9.78 Å². The van der Waals surface area contributed by atoms with Gasteiger partial charge in [-0.2, -0.15) is 13.2 Å². The summed E-state index contributed by atoms with van der Waals surface area (Å²) in [6.07, 6.45) is -1.94. The number of carbonyl (C=O) groups excluding carboxylic acids is 1. The Kier molecular flexibility index (Phi) is 3.28. The molecule has 1 heterocycles. The van der Waals surface area contributed by atoms with Crippen molar-refractivity contribution in [1.29, 1.82) is 0 Å². The minimum Gasteiger partial charge on any atom is -0.342 e. The second-order valence-corrected chi connectivity index (χ2v) is 2.98. The van der Waals surface area contributed by atoms with E-state index in [2.05, 4.69) is 4.98 Å². The van der Waals surface area contributed by atoms with Crippen LogP contribution in [0.25, 0.3) is 0 Å². The Hall–Kier alpha value is -1.59. The van der Waals surface area contributed by atoms with Crippen molar-refractivity contribution < 1.29 is 18.0 Å². The second-order valence-electron chi connectivity index (χ2n) is 2.98. The highest BCUT2D eigenvalue weighted by Crippen LogP contribution is 2.17. The monoisotopic (exact) mass is 218 g/mol. The van der Waals surface area contributed by atoms with E-state index < -0.39 is 18.1 Å². The molecule has 1 N–H and O–H groups in total. The first-order chi connectivity index (χ1) is 6.91. The fourth-order valence-electron chi connectivity index (χ4n) is 0.994. The van der Waals surface area contributed by atoms with Crippen LogP contribution in [0.15, 0.2) is 24.5 Å². The van der Waals surface area contributed by atoms with Crippen molar-refractivity contribution in [2.24, 2.45) is 0 Å². The summed E-state index contributed by atoms with van der Waals surface area (Å²) in [6.45, 7) is 1.46. The topological polar surface area (TPSA) is 42.0 Å². The molecule has 82 valence electrons. The molecular weight excluding hydrogens is 209 g/mol.